The third-order valence-corrected chi connectivity index (χ3v) is 4.67. The van der Waals surface area contributed by atoms with Crippen molar-refractivity contribution >= 4 is 6.03 Å². The Labute approximate surface area is 129 Å². The number of nitrogens with zero attached hydrogens (tertiary/aromatic N) is 2. The van der Waals surface area contributed by atoms with Gasteiger partial charge in [0.1, 0.15) is 0 Å². The predicted octanol–water partition coefficient (Wildman–Crippen LogP) is 1.93. The molecule has 1 N–H and O–H groups in total. The number of methoxy groups -OCH3 is 1. The van der Waals surface area contributed by atoms with Crippen molar-refractivity contribution in [1.82, 2.24) is 15.1 Å². The molecule has 0 saturated carbocycles. The van der Waals surface area contributed by atoms with E-state index in [9.17, 15) is 4.79 Å². The van der Waals surface area contributed by atoms with Gasteiger partial charge < -0.3 is 19.9 Å². The van der Waals surface area contributed by atoms with E-state index in [1.807, 2.05) is 4.90 Å². The summed E-state index contributed by atoms with van der Waals surface area (Å²) < 4.78 is 5.12. The van der Waals surface area contributed by atoms with Gasteiger partial charge in [0.25, 0.3) is 0 Å². The fourth-order valence-electron chi connectivity index (χ4n) is 3.30. The molecule has 21 heavy (non-hydrogen) atoms. The zero-order valence-corrected chi connectivity index (χ0v) is 13.5. The average molecular weight is 297 g/mol. The molecule has 2 rings (SSSR count). The summed E-state index contributed by atoms with van der Waals surface area (Å²) in [5.41, 5.74) is 0. The van der Waals surface area contributed by atoms with Gasteiger partial charge in [0.05, 0.1) is 6.61 Å². The summed E-state index contributed by atoms with van der Waals surface area (Å²) in [4.78, 5) is 16.7. The molecule has 2 amide bonds. The monoisotopic (exact) mass is 297 g/mol. The van der Waals surface area contributed by atoms with Gasteiger partial charge in [0.2, 0.25) is 0 Å². The molecule has 2 aliphatic rings. The Balaban J connectivity index is 1.64. The van der Waals surface area contributed by atoms with E-state index < -0.39 is 0 Å². The van der Waals surface area contributed by atoms with Crippen molar-refractivity contribution in [3.05, 3.63) is 0 Å². The molecule has 0 spiro atoms. The number of urea groups is 1. The third-order valence-electron chi connectivity index (χ3n) is 4.67. The average Bonchev–Trinajstić information content (AvgIpc) is 2.90. The molecule has 122 valence electrons. The maximum absolute atomic E-state index is 12.3. The number of nitrogens with one attached hydrogen (secondary N) is 1. The number of likely N-dealkylation sites (tertiary alicyclic amines) is 2. The van der Waals surface area contributed by atoms with E-state index in [0.29, 0.717) is 5.92 Å². The lowest BCUT2D eigenvalue weighted by Crippen LogP contribution is -2.43. The fraction of sp³-hybridized carbons (Fsp3) is 0.938. The first-order valence-electron chi connectivity index (χ1n) is 8.53. The Morgan fingerprint density at radius 2 is 1.86 bits per heavy atom. The van der Waals surface area contributed by atoms with Crippen LogP contribution in [0.2, 0.25) is 0 Å². The van der Waals surface area contributed by atoms with Crippen LogP contribution in [0.25, 0.3) is 0 Å². The van der Waals surface area contributed by atoms with Crippen LogP contribution in [0.4, 0.5) is 4.79 Å². The number of hydrogen-bond acceptors (Lipinski definition) is 3. The smallest absolute Gasteiger partial charge is 0.317 e. The summed E-state index contributed by atoms with van der Waals surface area (Å²) in [7, 11) is 1.75. The van der Waals surface area contributed by atoms with Gasteiger partial charge >= 0.3 is 6.03 Å². The fourth-order valence-corrected chi connectivity index (χ4v) is 3.30. The van der Waals surface area contributed by atoms with Crippen LogP contribution in [-0.2, 0) is 4.74 Å². The largest absolute Gasteiger partial charge is 0.383 e. The molecule has 0 bridgehead atoms. The van der Waals surface area contributed by atoms with Gasteiger partial charge in [-0.05, 0) is 31.7 Å². The maximum Gasteiger partial charge on any atom is 0.317 e. The highest BCUT2D eigenvalue weighted by atomic mass is 16.5. The van der Waals surface area contributed by atoms with Crippen LogP contribution in [0.3, 0.4) is 0 Å². The van der Waals surface area contributed by atoms with Crippen LogP contribution in [0.15, 0.2) is 0 Å². The third kappa shape index (κ3) is 5.83. The second-order valence-electron chi connectivity index (χ2n) is 6.39. The minimum atomic E-state index is 0.146. The number of amides is 2. The first-order valence-corrected chi connectivity index (χ1v) is 8.53. The van der Waals surface area contributed by atoms with E-state index in [0.717, 1.165) is 58.7 Å². The van der Waals surface area contributed by atoms with Crippen LogP contribution in [0.1, 0.15) is 38.5 Å². The van der Waals surface area contributed by atoms with Crippen molar-refractivity contribution in [2.45, 2.75) is 38.5 Å². The lowest BCUT2D eigenvalue weighted by atomic mass is 10.1. The first kappa shape index (κ1) is 16.6. The normalized spacial score (nSPS) is 24.6. The minimum absolute atomic E-state index is 0.146. The van der Waals surface area contributed by atoms with Crippen molar-refractivity contribution in [3.63, 3.8) is 0 Å². The van der Waals surface area contributed by atoms with Gasteiger partial charge in [-0.2, -0.15) is 0 Å². The molecular weight excluding hydrogens is 266 g/mol. The standard InChI is InChI=1S/C16H31N3O2/c1-21-12-11-18-10-7-15(14-18)13-17-16(20)19-8-5-3-2-4-6-9-19/h15H,2-14H2,1H3,(H,17,20). The zero-order valence-electron chi connectivity index (χ0n) is 13.5. The minimum Gasteiger partial charge on any atom is -0.383 e. The maximum atomic E-state index is 12.3. The Hall–Kier alpha value is -0.810. The summed E-state index contributed by atoms with van der Waals surface area (Å²) in [5.74, 6) is 0.598. The molecule has 0 radical (unpaired) electrons. The number of ether oxygens (including phenoxy) is 1. The second kappa shape index (κ2) is 9.26. The van der Waals surface area contributed by atoms with Crippen LogP contribution in [0.5, 0.6) is 0 Å². The Morgan fingerprint density at radius 3 is 2.57 bits per heavy atom. The van der Waals surface area contributed by atoms with Gasteiger partial charge in [-0.1, -0.05) is 19.3 Å². The molecule has 5 heteroatoms. The lowest BCUT2D eigenvalue weighted by Gasteiger charge is -2.25. The Morgan fingerprint density at radius 1 is 1.14 bits per heavy atom. The molecule has 0 aromatic heterocycles. The molecule has 1 atom stereocenters. The van der Waals surface area contributed by atoms with Crippen molar-refractivity contribution in [1.29, 1.82) is 0 Å². The lowest BCUT2D eigenvalue weighted by molar-refractivity contribution is 0.158. The highest BCUT2D eigenvalue weighted by Crippen LogP contribution is 2.15. The summed E-state index contributed by atoms with van der Waals surface area (Å²) in [6.45, 7) is 6.70. The second-order valence-corrected chi connectivity index (χ2v) is 6.39. The summed E-state index contributed by atoms with van der Waals surface area (Å²) in [6, 6.07) is 0.146. The van der Waals surface area contributed by atoms with E-state index in [4.69, 9.17) is 4.74 Å². The van der Waals surface area contributed by atoms with Crippen molar-refractivity contribution < 1.29 is 9.53 Å². The topological polar surface area (TPSA) is 44.8 Å². The van der Waals surface area contributed by atoms with E-state index in [2.05, 4.69) is 10.2 Å². The predicted molar refractivity (Wildman–Crippen MR) is 84.5 cm³/mol. The Bertz CT molecular complexity index is 304. The summed E-state index contributed by atoms with van der Waals surface area (Å²) >= 11 is 0. The van der Waals surface area contributed by atoms with E-state index >= 15 is 0 Å². The molecule has 2 fully saturated rings. The van der Waals surface area contributed by atoms with E-state index in [1.54, 1.807) is 7.11 Å². The van der Waals surface area contributed by atoms with Crippen LogP contribution in [-0.4, -0.2) is 68.8 Å². The molecule has 0 aromatic rings. The van der Waals surface area contributed by atoms with E-state index in [1.165, 1.54) is 25.7 Å². The van der Waals surface area contributed by atoms with Crippen molar-refractivity contribution in [3.8, 4) is 0 Å². The van der Waals surface area contributed by atoms with Gasteiger partial charge in [-0.25, -0.2) is 4.79 Å². The summed E-state index contributed by atoms with van der Waals surface area (Å²) in [5, 5.41) is 3.15. The molecule has 2 saturated heterocycles. The number of carbonyl (C=O) groups excluding carboxylic acids is 1. The van der Waals surface area contributed by atoms with Gasteiger partial charge in [0.15, 0.2) is 0 Å². The van der Waals surface area contributed by atoms with E-state index in [-0.39, 0.29) is 6.03 Å². The SMILES string of the molecule is COCCN1CCC(CNC(=O)N2CCCCCCC2)C1. The van der Waals surface area contributed by atoms with Crippen LogP contribution < -0.4 is 5.32 Å². The first-order chi connectivity index (χ1) is 10.3. The molecular formula is C16H31N3O2. The molecule has 0 aromatic carbocycles. The molecule has 0 aliphatic carbocycles. The number of hydrogen-bond donors (Lipinski definition) is 1. The molecule has 2 aliphatic heterocycles. The highest BCUT2D eigenvalue weighted by Gasteiger charge is 2.23. The highest BCUT2D eigenvalue weighted by molar-refractivity contribution is 5.74. The zero-order chi connectivity index (χ0) is 14.9. The van der Waals surface area contributed by atoms with Gasteiger partial charge in [-0.15, -0.1) is 0 Å². The van der Waals surface area contributed by atoms with Gasteiger partial charge in [0, 0.05) is 39.8 Å². The number of carbonyl (C=O) groups is 1. The van der Waals surface area contributed by atoms with Crippen LogP contribution in [0, 0.1) is 5.92 Å². The van der Waals surface area contributed by atoms with Crippen molar-refractivity contribution in [2.24, 2.45) is 5.92 Å². The van der Waals surface area contributed by atoms with Crippen molar-refractivity contribution in [2.75, 3.05) is 53.0 Å². The summed E-state index contributed by atoms with van der Waals surface area (Å²) in [6.07, 6.45) is 7.35. The number of rotatable bonds is 5. The van der Waals surface area contributed by atoms with Gasteiger partial charge in [-0.3, -0.25) is 0 Å². The quantitative estimate of drug-likeness (QED) is 0.843. The molecule has 1 unspecified atom stereocenters. The Kier molecular flexibility index (Phi) is 7.30. The van der Waals surface area contributed by atoms with Crippen LogP contribution >= 0.6 is 0 Å². The molecule has 2 heterocycles. The molecule has 5 nitrogen and oxygen atoms in total.